The Bertz CT molecular complexity index is 1350. The molecule has 37 heavy (non-hydrogen) atoms. The van der Waals surface area contributed by atoms with Crippen LogP contribution in [0.4, 0.5) is 0 Å². The van der Waals surface area contributed by atoms with Gasteiger partial charge in [-0.05, 0) is 18.2 Å². The molecule has 189 valence electrons. The van der Waals surface area contributed by atoms with Gasteiger partial charge >= 0.3 is 11.9 Å². The van der Waals surface area contributed by atoms with Gasteiger partial charge < -0.3 is 33.9 Å². The van der Waals surface area contributed by atoms with Gasteiger partial charge in [0.1, 0.15) is 23.9 Å². The lowest BCUT2D eigenvalue weighted by Gasteiger charge is -2.14. The molecule has 1 aliphatic rings. The van der Waals surface area contributed by atoms with Gasteiger partial charge in [-0.3, -0.25) is 0 Å². The van der Waals surface area contributed by atoms with E-state index in [-0.39, 0.29) is 31.0 Å². The van der Waals surface area contributed by atoms with Gasteiger partial charge in [0.15, 0.2) is 11.5 Å². The first-order valence-corrected chi connectivity index (χ1v) is 12.5. The molecular formula is C27H24AlO9. The number of carbonyl (C=O) groups is 2. The predicted octanol–water partition coefficient (Wildman–Crippen LogP) is 3.25. The van der Waals surface area contributed by atoms with E-state index in [0.717, 1.165) is 4.43 Å². The third-order valence-corrected chi connectivity index (χ3v) is 7.15. The normalized spacial score (nSPS) is 12.1. The summed E-state index contributed by atoms with van der Waals surface area (Å²) in [4.78, 5) is 25.3. The number of aliphatic carboxylic acids is 1. The van der Waals surface area contributed by atoms with Crippen molar-refractivity contribution in [3.8, 4) is 28.7 Å². The lowest BCUT2D eigenvalue weighted by molar-refractivity contribution is -0.132. The van der Waals surface area contributed by atoms with Crippen LogP contribution >= 0.6 is 0 Å². The Kier molecular flexibility index (Phi) is 8.23. The number of carboxylic acid groups (broad SMARTS) is 2. The van der Waals surface area contributed by atoms with Crippen LogP contribution in [-0.4, -0.2) is 58.4 Å². The second kappa shape index (κ2) is 11.7. The van der Waals surface area contributed by atoms with Crippen LogP contribution in [-0.2, 0) is 17.8 Å². The van der Waals surface area contributed by atoms with Gasteiger partial charge in [0, 0.05) is 35.3 Å². The fourth-order valence-corrected chi connectivity index (χ4v) is 4.99. The van der Waals surface area contributed by atoms with Crippen LogP contribution < -0.4 is 28.1 Å². The van der Waals surface area contributed by atoms with Gasteiger partial charge in [0.2, 0.25) is 6.79 Å². The summed E-state index contributed by atoms with van der Waals surface area (Å²) in [5, 5.41) is 19.3. The molecule has 0 aromatic heterocycles. The minimum Gasteiger partial charge on any atom is -0.497 e. The maximum atomic E-state index is 12.1. The molecule has 0 atom stereocenters. The van der Waals surface area contributed by atoms with E-state index >= 15 is 0 Å². The van der Waals surface area contributed by atoms with Crippen LogP contribution in [0, 0.1) is 0 Å². The lowest BCUT2D eigenvalue weighted by Crippen LogP contribution is -2.19. The summed E-state index contributed by atoms with van der Waals surface area (Å²) in [5.74, 6) is 0.588. The first-order valence-electron chi connectivity index (χ1n) is 11.3. The Balaban J connectivity index is 1.58. The molecule has 0 fully saturated rings. The van der Waals surface area contributed by atoms with Gasteiger partial charge in [-0.25, -0.2) is 9.59 Å². The number of ether oxygens (including phenoxy) is 5. The van der Waals surface area contributed by atoms with Crippen molar-refractivity contribution in [1.82, 2.24) is 0 Å². The second-order valence-corrected chi connectivity index (χ2v) is 9.30. The maximum Gasteiger partial charge on any atom is 0.336 e. The minimum atomic E-state index is -1.04. The van der Waals surface area contributed by atoms with E-state index in [4.69, 9.17) is 23.7 Å². The van der Waals surface area contributed by atoms with Crippen LogP contribution in [0.3, 0.4) is 0 Å². The van der Waals surface area contributed by atoms with E-state index in [0.29, 0.717) is 39.9 Å². The smallest absolute Gasteiger partial charge is 0.336 e. The fourth-order valence-electron chi connectivity index (χ4n) is 3.81. The van der Waals surface area contributed by atoms with Crippen molar-refractivity contribution >= 4 is 31.6 Å². The molecule has 1 heterocycles. The Morgan fingerprint density at radius 1 is 0.946 bits per heavy atom. The molecule has 1 aliphatic heterocycles. The molecule has 0 saturated heterocycles. The van der Waals surface area contributed by atoms with E-state index < -0.39 is 27.2 Å². The highest BCUT2D eigenvalue weighted by Gasteiger charge is 2.20. The number of methoxy groups -OCH3 is 2. The highest BCUT2D eigenvalue weighted by molar-refractivity contribution is 6.60. The maximum absolute atomic E-state index is 12.1. The van der Waals surface area contributed by atoms with Gasteiger partial charge in [-0.15, -0.1) is 4.94 Å². The molecule has 0 aliphatic carbocycles. The Hall–Kier alpha value is -4.13. The fraction of sp³-hybridized carbons (Fsp3) is 0.185. The summed E-state index contributed by atoms with van der Waals surface area (Å²) in [5.41, 5.74) is 1.54. The zero-order valence-corrected chi connectivity index (χ0v) is 21.4. The van der Waals surface area contributed by atoms with Crippen LogP contribution in [0.2, 0.25) is 0 Å². The predicted molar refractivity (Wildman–Crippen MR) is 135 cm³/mol. The van der Waals surface area contributed by atoms with Crippen LogP contribution in [0.1, 0.15) is 21.5 Å². The Labute approximate surface area is 219 Å². The summed E-state index contributed by atoms with van der Waals surface area (Å²) < 4.78 is 28.4. The standard InChI is InChI=1S/C15H13O4.C12H11O5.Al/c1-18-12-6-4-7-13(9-12)19-10-11-5-2-3-8-14(11)15(16)17;1-7(12(13)14)3-8-4-10-11(17-6-16-10)5-9(8)15-2;/h2-6,8-9H,10H2,1H3,(H,16,17);1,4-5H,3,6H2,2H3,(H,13,14);. The Morgan fingerprint density at radius 2 is 1.70 bits per heavy atom. The van der Waals surface area contributed by atoms with Crippen LogP contribution in [0.15, 0.2) is 65.1 Å². The largest absolute Gasteiger partial charge is 0.497 e. The molecule has 3 aromatic rings. The van der Waals surface area contributed by atoms with E-state index in [2.05, 4.69) is 0 Å². The minimum absolute atomic E-state index is 0.0337. The number of fused-ring (bicyclic) bond motifs is 1. The summed E-state index contributed by atoms with van der Waals surface area (Å²) in [7, 11) is 3.05. The van der Waals surface area contributed by atoms with Crippen LogP contribution in [0.5, 0.6) is 28.7 Å². The van der Waals surface area contributed by atoms with Gasteiger partial charge in [-0.2, -0.15) is 0 Å². The molecular weight excluding hydrogens is 495 g/mol. The SMILES string of the molecule is COc1cc[c]([Al]/[CH]=C(/Cc2cc3c(cc2OC)OCO3)C(=O)O)c(OCc2ccccc2C(=O)O)c1. The number of rotatable bonds is 11. The zero-order valence-electron chi connectivity index (χ0n) is 20.2. The van der Waals surface area contributed by atoms with Crippen LogP contribution in [0.25, 0.3) is 0 Å². The van der Waals surface area contributed by atoms with Gasteiger partial charge in [-0.1, -0.05) is 28.7 Å². The zero-order chi connectivity index (χ0) is 26.4. The van der Waals surface area contributed by atoms with E-state index in [1.165, 1.54) is 20.3 Å². The first-order chi connectivity index (χ1) is 17.9. The van der Waals surface area contributed by atoms with E-state index in [9.17, 15) is 19.8 Å². The molecule has 10 heteroatoms. The molecule has 3 aromatic carbocycles. The van der Waals surface area contributed by atoms with Gasteiger partial charge in [0.25, 0.3) is 15.2 Å². The average Bonchev–Trinajstić information content (AvgIpc) is 3.36. The molecule has 1 radical (unpaired) electrons. The highest BCUT2D eigenvalue weighted by atomic mass is 27.1. The molecule has 9 nitrogen and oxygen atoms in total. The number of hydrogen-bond acceptors (Lipinski definition) is 7. The van der Waals surface area contributed by atoms with E-state index in [1.54, 1.807) is 47.4 Å². The Morgan fingerprint density at radius 3 is 2.41 bits per heavy atom. The van der Waals surface area contributed by atoms with Crippen molar-refractivity contribution in [3.63, 3.8) is 0 Å². The topological polar surface area (TPSA) is 121 Å². The number of benzene rings is 3. The number of hydrogen-bond donors (Lipinski definition) is 2. The third kappa shape index (κ3) is 6.17. The van der Waals surface area contributed by atoms with Crippen molar-refractivity contribution in [3.05, 3.63) is 81.8 Å². The molecule has 0 saturated carbocycles. The lowest BCUT2D eigenvalue weighted by atomic mass is 10.0. The van der Waals surface area contributed by atoms with Gasteiger partial charge in [0.05, 0.1) is 19.8 Å². The van der Waals surface area contributed by atoms with Crippen molar-refractivity contribution in [2.24, 2.45) is 0 Å². The summed E-state index contributed by atoms with van der Waals surface area (Å²) in [6, 6.07) is 15.3. The molecule has 0 unspecified atom stereocenters. The molecule has 2 N–H and O–H groups in total. The summed E-state index contributed by atoms with van der Waals surface area (Å²) in [6.07, 6.45) is 0.125. The number of carboxylic acids is 2. The highest BCUT2D eigenvalue weighted by Crippen LogP contribution is 2.38. The molecule has 4 rings (SSSR count). The molecule has 0 bridgehead atoms. The van der Waals surface area contributed by atoms with Crippen molar-refractivity contribution in [1.29, 1.82) is 0 Å². The monoisotopic (exact) mass is 519 g/mol. The number of aromatic carboxylic acids is 1. The quantitative estimate of drug-likeness (QED) is 0.291. The van der Waals surface area contributed by atoms with Crippen molar-refractivity contribution in [2.75, 3.05) is 21.0 Å². The summed E-state index contributed by atoms with van der Waals surface area (Å²) in [6.45, 7) is 0.136. The second-order valence-electron chi connectivity index (χ2n) is 8.01. The third-order valence-electron chi connectivity index (χ3n) is 5.75. The molecule has 0 amide bonds. The first kappa shape index (κ1) is 26.0. The van der Waals surface area contributed by atoms with E-state index in [1.807, 2.05) is 6.07 Å². The average molecular weight is 519 g/mol. The van der Waals surface area contributed by atoms with Crippen molar-refractivity contribution in [2.45, 2.75) is 13.0 Å². The van der Waals surface area contributed by atoms with Crippen molar-refractivity contribution < 1.29 is 43.5 Å². The summed E-state index contributed by atoms with van der Waals surface area (Å²) >= 11 is -0.653. The molecule has 0 spiro atoms.